The Labute approximate surface area is 309 Å². The van der Waals surface area contributed by atoms with Gasteiger partial charge in [0.05, 0.1) is 11.4 Å². The van der Waals surface area contributed by atoms with Crippen LogP contribution in [-0.2, 0) is 33.2 Å². The number of nitriles is 1. The third kappa shape index (κ3) is 12.1. The molecule has 2 aliphatic rings. The number of hydrogen-bond acceptors (Lipinski definition) is 12. The number of anilines is 1. The Morgan fingerprint density at radius 1 is 1.12 bits per heavy atom. The molecule has 1 aliphatic heterocycles. The molecule has 0 amide bonds. The smallest absolute Gasteiger partial charge is 0.346 e. The van der Waals surface area contributed by atoms with E-state index in [2.05, 4.69) is 17.2 Å². The predicted octanol–water partition coefficient (Wildman–Crippen LogP) is 6.26. The second kappa shape index (κ2) is 19.8. The summed E-state index contributed by atoms with van der Waals surface area (Å²) >= 11 is 6.30. The number of unbranched alkanes of at least 4 members (excludes halogenated alkanes) is 11. The van der Waals surface area contributed by atoms with Crippen molar-refractivity contribution in [3.8, 4) is 6.07 Å². The normalized spacial score (nSPS) is 24.3. The molecule has 4 rings (SSSR count). The number of aliphatic hydroxyl groups excluding tert-OH is 2. The van der Waals surface area contributed by atoms with Gasteiger partial charge in [0.15, 0.2) is 26.7 Å². The number of carbonyl (C=O) groups excluding carboxylic acids is 1. The molecule has 3 heterocycles. The number of hydrogen-bond donors (Lipinski definition) is 4. The van der Waals surface area contributed by atoms with Gasteiger partial charge in [-0.2, -0.15) is 5.26 Å². The highest BCUT2D eigenvalue weighted by Gasteiger charge is 2.47. The molecule has 2 fully saturated rings. The lowest BCUT2D eigenvalue weighted by molar-refractivity contribution is -0.150. The van der Waals surface area contributed by atoms with Gasteiger partial charge in [-0.1, -0.05) is 89.2 Å². The Morgan fingerprint density at radius 2 is 1.73 bits per heavy atom. The first-order valence-electron chi connectivity index (χ1n) is 18.1. The number of pyridine rings is 1. The monoisotopic (exact) mass is 792 g/mol. The molecule has 292 valence electrons. The van der Waals surface area contributed by atoms with E-state index in [9.17, 15) is 42.5 Å². The van der Waals surface area contributed by atoms with Gasteiger partial charge in [-0.05, 0) is 25.3 Å². The average molecular weight is 793 g/mol. The summed E-state index contributed by atoms with van der Waals surface area (Å²) in [6, 6.07) is 3.31. The van der Waals surface area contributed by atoms with E-state index in [1.165, 1.54) is 62.1 Å². The Morgan fingerprint density at radius 3 is 2.33 bits per heavy atom. The summed E-state index contributed by atoms with van der Waals surface area (Å²) in [6.45, 7) is 1.30. The number of fused-ring (bicyclic) bond motifs is 1. The molecule has 0 radical (unpaired) electrons. The standard InChI is InChI=1S/C34H51ClFN4O10PS/c1-2-3-4-5-6-7-8-9-10-11-12-13-14-28(41)48-21-49-51(44,45)22-52(46,47)20-27-30(42)31(43)34(50-27)40-16-15-25-29(38-24-17-23(36)18-24)26(19-37)32(35)39-33(25)40/h15-16,23-24,27,30-31,34,42-43H,2-14,17-18,20-22H2,1H3,(H,38,39)(H,44,45)/t23?,24?,27-,30-,31-,34-/m1/s1. The van der Waals surface area contributed by atoms with Crippen LogP contribution in [0.2, 0.25) is 5.15 Å². The van der Waals surface area contributed by atoms with E-state index in [0.717, 1.165) is 19.3 Å². The van der Waals surface area contributed by atoms with Crippen molar-refractivity contribution in [1.29, 1.82) is 5.26 Å². The minimum atomic E-state index is -4.80. The van der Waals surface area contributed by atoms with Crippen molar-refractivity contribution in [2.45, 2.75) is 140 Å². The largest absolute Gasteiger partial charge is 0.438 e. The molecule has 52 heavy (non-hydrogen) atoms. The fourth-order valence-electron chi connectivity index (χ4n) is 6.51. The zero-order valence-electron chi connectivity index (χ0n) is 29.5. The number of aromatic nitrogens is 2. The lowest BCUT2D eigenvalue weighted by Crippen LogP contribution is -2.36. The number of rotatable bonds is 23. The molecule has 1 aliphatic carbocycles. The second-order valence-corrected chi connectivity index (χ2v) is 18.5. The SMILES string of the molecule is CCCCCCCCCCCCCCC(=O)OCOP(=O)(O)CS(=O)(=O)C[C@H]1O[C@@H](n2ccc3c(NC4CC(F)C4)c(C#N)c(Cl)nc32)[C@H](O)[C@@H]1O. The first kappa shape index (κ1) is 42.4. The van der Waals surface area contributed by atoms with Crippen LogP contribution in [0, 0.1) is 11.3 Å². The van der Waals surface area contributed by atoms with Gasteiger partial charge in [0.1, 0.15) is 41.8 Å². The van der Waals surface area contributed by atoms with Crippen LogP contribution in [0.1, 0.15) is 115 Å². The number of nitrogens with one attached hydrogen (secondary N) is 1. The van der Waals surface area contributed by atoms with E-state index in [1.54, 1.807) is 6.07 Å². The van der Waals surface area contributed by atoms with E-state index < -0.39 is 72.2 Å². The summed E-state index contributed by atoms with van der Waals surface area (Å²) in [5.41, 5.74) is -0.853. The Bertz CT molecular complexity index is 1690. The summed E-state index contributed by atoms with van der Waals surface area (Å²) in [6.07, 6.45) is 8.46. The van der Waals surface area contributed by atoms with Gasteiger partial charge < -0.3 is 34.5 Å². The molecule has 0 aromatic carbocycles. The van der Waals surface area contributed by atoms with E-state index in [4.69, 9.17) is 25.6 Å². The Kier molecular flexibility index (Phi) is 16.2. The molecule has 1 unspecified atom stereocenters. The van der Waals surface area contributed by atoms with Gasteiger partial charge >= 0.3 is 13.6 Å². The Hall–Kier alpha value is -2.35. The summed E-state index contributed by atoms with van der Waals surface area (Å²) in [7, 11) is -9.23. The van der Waals surface area contributed by atoms with E-state index >= 15 is 0 Å². The summed E-state index contributed by atoms with van der Waals surface area (Å²) < 4.78 is 68.6. The van der Waals surface area contributed by atoms with Crippen LogP contribution in [0.15, 0.2) is 12.3 Å². The number of carbonyl (C=O) groups is 1. The Balaban J connectivity index is 1.21. The molecule has 18 heteroatoms. The van der Waals surface area contributed by atoms with Crippen molar-refractivity contribution in [2.24, 2.45) is 0 Å². The minimum Gasteiger partial charge on any atom is -0.438 e. The molecule has 1 saturated heterocycles. The van der Waals surface area contributed by atoms with Crippen molar-refractivity contribution < 1.29 is 51.3 Å². The van der Waals surface area contributed by atoms with E-state index in [0.29, 0.717) is 17.5 Å². The molecule has 0 bridgehead atoms. The first-order chi connectivity index (χ1) is 24.7. The number of ether oxygens (including phenoxy) is 2. The average Bonchev–Trinajstić information content (AvgIpc) is 3.59. The molecule has 4 N–H and O–H groups in total. The van der Waals surface area contributed by atoms with Crippen molar-refractivity contribution in [3.05, 3.63) is 23.0 Å². The number of aliphatic hydroxyl groups is 2. The summed E-state index contributed by atoms with van der Waals surface area (Å²) in [5.74, 6) is -1.58. The van der Waals surface area contributed by atoms with Gasteiger partial charge in [0.2, 0.25) is 6.79 Å². The molecular formula is C34H51ClFN4O10PS. The van der Waals surface area contributed by atoms with Crippen molar-refractivity contribution in [3.63, 3.8) is 0 Å². The van der Waals surface area contributed by atoms with E-state index in [-0.39, 0.29) is 41.7 Å². The zero-order chi connectivity index (χ0) is 37.9. The van der Waals surface area contributed by atoms with Crippen LogP contribution in [0.5, 0.6) is 0 Å². The molecule has 1 saturated carbocycles. The number of esters is 1. The maximum Gasteiger partial charge on any atom is 0.346 e. The van der Waals surface area contributed by atoms with Gasteiger partial charge in [0.25, 0.3) is 0 Å². The molecule has 0 spiro atoms. The lowest BCUT2D eigenvalue weighted by Gasteiger charge is -2.31. The topological polar surface area (TPSA) is 210 Å². The third-order valence-electron chi connectivity index (χ3n) is 9.46. The van der Waals surface area contributed by atoms with Gasteiger partial charge in [-0.15, -0.1) is 0 Å². The summed E-state index contributed by atoms with van der Waals surface area (Å²) in [5, 5.41) is 34.6. The maximum atomic E-state index is 13.5. The molecular weight excluding hydrogens is 742 g/mol. The van der Waals surface area contributed by atoms with E-state index in [1.807, 2.05) is 6.07 Å². The van der Waals surface area contributed by atoms with Gasteiger partial charge in [-0.3, -0.25) is 13.9 Å². The van der Waals surface area contributed by atoms with Crippen LogP contribution in [0.4, 0.5) is 10.1 Å². The zero-order valence-corrected chi connectivity index (χ0v) is 32.0. The maximum absolute atomic E-state index is 13.5. The van der Waals surface area contributed by atoms with Crippen LogP contribution >= 0.6 is 19.2 Å². The number of nitrogens with zero attached hydrogens (tertiary/aromatic N) is 3. The number of sulfone groups is 1. The van der Waals surface area contributed by atoms with Crippen LogP contribution < -0.4 is 5.32 Å². The van der Waals surface area contributed by atoms with Gasteiger partial charge in [0, 0.05) is 24.0 Å². The van der Waals surface area contributed by atoms with Crippen molar-refractivity contribution in [2.75, 3.05) is 23.4 Å². The lowest BCUT2D eigenvalue weighted by atomic mass is 9.90. The first-order valence-corrected chi connectivity index (χ1v) is 22.1. The van der Waals surface area contributed by atoms with Crippen molar-refractivity contribution in [1.82, 2.24) is 9.55 Å². The fraction of sp³-hybridized carbons (Fsp3) is 0.735. The number of halogens is 2. The van der Waals surface area contributed by atoms with Crippen LogP contribution in [-0.4, -0.2) is 87.6 Å². The quantitative estimate of drug-likeness (QED) is 0.0322. The van der Waals surface area contributed by atoms with Crippen molar-refractivity contribution >= 4 is 51.7 Å². The molecule has 2 aromatic heterocycles. The molecule has 5 atom stereocenters. The predicted molar refractivity (Wildman–Crippen MR) is 193 cm³/mol. The minimum absolute atomic E-state index is 0.0381. The fourth-order valence-corrected chi connectivity index (χ4v) is 10.4. The third-order valence-corrected chi connectivity index (χ3v) is 14.0. The van der Waals surface area contributed by atoms with Crippen LogP contribution in [0.3, 0.4) is 0 Å². The number of alkyl halides is 1. The summed E-state index contributed by atoms with van der Waals surface area (Å²) in [4.78, 5) is 26.5. The highest BCUT2D eigenvalue weighted by molar-refractivity contribution is 7.97. The second-order valence-electron chi connectivity index (χ2n) is 13.8. The molecule has 14 nitrogen and oxygen atoms in total. The highest BCUT2D eigenvalue weighted by Crippen LogP contribution is 2.44. The highest BCUT2D eigenvalue weighted by atomic mass is 35.5. The van der Waals surface area contributed by atoms with Gasteiger partial charge in [-0.25, -0.2) is 17.8 Å². The molecule has 2 aromatic rings. The van der Waals surface area contributed by atoms with Crippen LogP contribution in [0.25, 0.3) is 11.0 Å².